The maximum absolute atomic E-state index is 6.37. The van der Waals surface area contributed by atoms with Crippen molar-refractivity contribution in [3.63, 3.8) is 0 Å². The molecule has 7 aromatic rings. The van der Waals surface area contributed by atoms with Gasteiger partial charge in [0.25, 0.3) is 0 Å². The zero-order valence-electron chi connectivity index (χ0n) is 20.5. The minimum absolute atomic E-state index is 0.912. The fourth-order valence-electron chi connectivity index (χ4n) is 5.82. The standard InChI is InChI=1S/C36H22OS/c1-2-11-23(12-3-1)25-14-4-5-15-26(25)35-27-16-6-7-17-28(27)36(38-35)30-22-21-24-13-10-20-32-33(24)34(30)29-18-8-9-19-31(29)37-32/h1-22H. The average Bonchev–Trinajstić information content (AvgIpc) is 3.37. The van der Waals surface area contributed by atoms with Crippen LogP contribution in [-0.2, 0) is 0 Å². The van der Waals surface area contributed by atoms with Crippen LogP contribution in [0.15, 0.2) is 133 Å². The largest absolute Gasteiger partial charge is 0.456 e. The molecule has 1 nitrogen and oxygen atoms in total. The third-order valence-corrected chi connectivity index (χ3v) is 8.79. The van der Waals surface area contributed by atoms with Crippen LogP contribution in [0.1, 0.15) is 0 Å². The third kappa shape index (κ3) is 3.17. The summed E-state index contributed by atoms with van der Waals surface area (Å²) in [5.74, 6) is 1.84. The minimum atomic E-state index is 0.912. The van der Waals surface area contributed by atoms with E-state index in [0.29, 0.717) is 0 Å². The molecule has 6 aromatic carbocycles. The van der Waals surface area contributed by atoms with Crippen molar-refractivity contribution in [3.05, 3.63) is 133 Å². The summed E-state index contributed by atoms with van der Waals surface area (Å²) in [7, 11) is 0. The lowest BCUT2D eigenvalue weighted by molar-refractivity contribution is 0.487. The van der Waals surface area contributed by atoms with Gasteiger partial charge in [-0.1, -0.05) is 121 Å². The molecule has 8 rings (SSSR count). The number of fused-ring (bicyclic) bond motifs is 3. The van der Waals surface area contributed by atoms with E-state index in [9.17, 15) is 0 Å². The van der Waals surface area contributed by atoms with Crippen LogP contribution in [0.4, 0.5) is 0 Å². The molecule has 2 heteroatoms. The Balaban J connectivity index is 1.45. The summed E-state index contributed by atoms with van der Waals surface area (Å²) < 4.78 is 6.37. The Labute approximate surface area is 225 Å². The number of hydrogen-bond donors (Lipinski definition) is 0. The van der Waals surface area contributed by atoms with Crippen molar-refractivity contribution in [2.45, 2.75) is 0 Å². The lowest BCUT2D eigenvalue weighted by Gasteiger charge is -2.23. The number of thiophene rings is 1. The number of rotatable bonds is 3. The van der Waals surface area contributed by atoms with Gasteiger partial charge in [0.1, 0.15) is 11.5 Å². The van der Waals surface area contributed by atoms with Crippen molar-refractivity contribution in [2.24, 2.45) is 0 Å². The molecule has 0 aliphatic carbocycles. The van der Waals surface area contributed by atoms with E-state index in [0.717, 1.165) is 17.1 Å². The van der Waals surface area contributed by atoms with E-state index < -0.39 is 0 Å². The fourth-order valence-corrected chi connectivity index (χ4v) is 7.17. The van der Waals surface area contributed by atoms with Gasteiger partial charge in [-0.05, 0) is 28.6 Å². The monoisotopic (exact) mass is 502 g/mol. The molecule has 0 unspecified atom stereocenters. The van der Waals surface area contributed by atoms with E-state index in [4.69, 9.17) is 4.74 Å². The number of benzene rings is 6. The summed E-state index contributed by atoms with van der Waals surface area (Å²) in [4.78, 5) is 2.60. The zero-order chi connectivity index (χ0) is 25.1. The van der Waals surface area contributed by atoms with Crippen LogP contribution >= 0.6 is 11.3 Å². The van der Waals surface area contributed by atoms with Crippen molar-refractivity contribution < 1.29 is 4.74 Å². The first-order chi connectivity index (χ1) is 18.9. The fraction of sp³-hybridized carbons (Fsp3) is 0. The van der Waals surface area contributed by atoms with Gasteiger partial charge in [-0.2, -0.15) is 0 Å². The Morgan fingerprint density at radius 1 is 0.421 bits per heavy atom. The van der Waals surface area contributed by atoms with Crippen LogP contribution in [0.2, 0.25) is 0 Å². The Hall–Kier alpha value is -4.66. The van der Waals surface area contributed by atoms with Crippen molar-refractivity contribution in [3.8, 4) is 54.6 Å². The van der Waals surface area contributed by atoms with E-state index in [1.807, 2.05) is 17.4 Å². The minimum Gasteiger partial charge on any atom is -0.456 e. The lowest BCUT2D eigenvalue weighted by atomic mass is 9.89. The van der Waals surface area contributed by atoms with Crippen LogP contribution in [-0.4, -0.2) is 0 Å². The first kappa shape index (κ1) is 21.4. The van der Waals surface area contributed by atoms with Crippen LogP contribution in [0, 0.1) is 0 Å². The zero-order valence-corrected chi connectivity index (χ0v) is 21.3. The van der Waals surface area contributed by atoms with Gasteiger partial charge in [-0.15, -0.1) is 11.3 Å². The van der Waals surface area contributed by atoms with Gasteiger partial charge >= 0.3 is 0 Å². The number of para-hydroxylation sites is 1. The molecule has 38 heavy (non-hydrogen) atoms. The van der Waals surface area contributed by atoms with Gasteiger partial charge in [0.05, 0.1) is 0 Å². The molecule has 1 aromatic heterocycles. The summed E-state index contributed by atoms with van der Waals surface area (Å²) in [6.45, 7) is 0. The smallest absolute Gasteiger partial charge is 0.135 e. The van der Waals surface area contributed by atoms with Gasteiger partial charge < -0.3 is 4.74 Å². The molecule has 0 amide bonds. The first-order valence-corrected chi connectivity index (χ1v) is 13.7. The summed E-state index contributed by atoms with van der Waals surface area (Å²) in [5, 5.41) is 4.96. The molecule has 0 radical (unpaired) electrons. The summed E-state index contributed by atoms with van der Waals surface area (Å²) >= 11 is 1.89. The second-order valence-corrected chi connectivity index (χ2v) is 10.7. The molecule has 2 heterocycles. The predicted molar refractivity (Wildman–Crippen MR) is 161 cm³/mol. The highest BCUT2D eigenvalue weighted by Gasteiger charge is 2.25. The Kier molecular flexibility index (Phi) is 4.76. The lowest BCUT2D eigenvalue weighted by Crippen LogP contribution is -1.98. The van der Waals surface area contributed by atoms with Crippen molar-refractivity contribution in [1.29, 1.82) is 0 Å². The summed E-state index contributed by atoms with van der Waals surface area (Å²) in [5.41, 5.74) is 7.42. The highest BCUT2D eigenvalue weighted by atomic mass is 32.1. The molecule has 0 atom stereocenters. The van der Waals surface area contributed by atoms with E-state index >= 15 is 0 Å². The second kappa shape index (κ2) is 8.44. The molecule has 0 fully saturated rings. The molecule has 0 N–H and O–H groups in total. The molecular weight excluding hydrogens is 480 g/mol. The molecule has 0 bridgehead atoms. The van der Waals surface area contributed by atoms with E-state index in [-0.39, 0.29) is 0 Å². The quantitative estimate of drug-likeness (QED) is 0.233. The molecule has 0 saturated carbocycles. The van der Waals surface area contributed by atoms with Crippen molar-refractivity contribution >= 4 is 32.9 Å². The highest BCUT2D eigenvalue weighted by molar-refractivity contribution is 7.21. The molecule has 1 aliphatic rings. The van der Waals surface area contributed by atoms with Crippen LogP contribution in [0.5, 0.6) is 11.5 Å². The normalized spacial score (nSPS) is 11.9. The van der Waals surface area contributed by atoms with E-state index in [1.165, 1.54) is 59.1 Å². The Morgan fingerprint density at radius 3 is 1.87 bits per heavy atom. The van der Waals surface area contributed by atoms with Crippen molar-refractivity contribution in [1.82, 2.24) is 0 Å². The van der Waals surface area contributed by atoms with Crippen molar-refractivity contribution in [2.75, 3.05) is 0 Å². The maximum atomic E-state index is 6.37. The molecule has 1 aliphatic heterocycles. The number of hydrogen-bond acceptors (Lipinski definition) is 2. The van der Waals surface area contributed by atoms with Crippen LogP contribution < -0.4 is 4.74 Å². The Morgan fingerprint density at radius 2 is 1.05 bits per heavy atom. The van der Waals surface area contributed by atoms with Crippen LogP contribution in [0.25, 0.3) is 64.7 Å². The third-order valence-electron chi connectivity index (χ3n) is 7.51. The summed E-state index contributed by atoms with van der Waals surface area (Å²) in [6, 6.07) is 47.6. The van der Waals surface area contributed by atoms with E-state index in [1.54, 1.807) is 0 Å². The second-order valence-electron chi connectivity index (χ2n) is 9.66. The molecule has 0 spiro atoms. The van der Waals surface area contributed by atoms with Crippen LogP contribution in [0.3, 0.4) is 0 Å². The molecule has 178 valence electrons. The summed E-state index contributed by atoms with van der Waals surface area (Å²) in [6.07, 6.45) is 0. The number of ether oxygens (including phenoxy) is 1. The first-order valence-electron chi connectivity index (χ1n) is 12.9. The van der Waals surface area contributed by atoms with Gasteiger partial charge in [-0.25, -0.2) is 0 Å². The topological polar surface area (TPSA) is 9.23 Å². The highest BCUT2D eigenvalue weighted by Crippen LogP contribution is 2.54. The van der Waals surface area contributed by atoms with Gasteiger partial charge in [0.15, 0.2) is 0 Å². The Bertz CT molecular complexity index is 2000. The van der Waals surface area contributed by atoms with E-state index in [2.05, 4.69) is 127 Å². The van der Waals surface area contributed by atoms with Gasteiger partial charge in [-0.3, -0.25) is 0 Å². The van der Waals surface area contributed by atoms with Gasteiger partial charge in [0.2, 0.25) is 0 Å². The SMILES string of the molecule is c1ccc(-c2ccccc2-c2sc(-c3ccc4cccc5c4c3-c3ccccc3O5)c3ccccc23)cc1. The molecular formula is C36H22OS. The average molecular weight is 503 g/mol. The predicted octanol–water partition coefficient (Wildman–Crippen LogP) is 10.8. The van der Waals surface area contributed by atoms with Gasteiger partial charge in [0, 0.05) is 48.2 Å². The molecule has 0 saturated heterocycles. The maximum Gasteiger partial charge on any atom is 0.135 e.